The average Bonchev–Trinajstić information content (AvgIpc) is 3.22. The second-order valence-corrected chi connectivity index (χ2v) is 7.53. The zero-order valence-corrected chi connectivity index (χ0v) is 15.8. The molecule has 7 heteroatoms. The Kier molecular flexibility index (Phi) is 4.83. The van der Waals surface area contributed by atoms with Gasteiger partial charge in [-0.05, 0) is 41.8 Å². The number of nitrogens with two attached hydrogens (primary N) is 1. The molecular weight excluding hydrogens is 378 g/mol. The van der Waals surface area contributed by atoms with Crippen LogP contribution in [0.25, 0.3) is 10.9 Å². The van der Waals surface area contributed by atoms with Gasteiger partial charge in [-0.25, -0.2) is 0 Å². The van der Waals surface area contributed by atoms with Crippen molar-refractivity contribution in [3.63, 3.8) is 0 Å². The molecule has 1 amide bonds. The van der Waals surface area contributed by atoms with Crippen LogP contribution >= 0.6 is 11.6 Å². The number of carbonyl (C=O) groups is 2. The zero-order valence-electron chi connectivity index (χ0n) is 15.0. The highest BCUT2D eigenvalue weighted by atomic mass is 35.5. The smallest absolute Gasteiger partial charge is 0.321 e. The molecule has 6 nitrogen and oxygen atoms in total. The number of carboxylic acids is 1. The van der Waals surface area contributed by atoms with Gasteiger partial charge in [0.25, 0.3) is 0 Å². The minimum Gasteiger partial charge on any atom is -0.480 e. The number of carbonyl (C=O) groups excluding carboxylic acids is 1. The van der Waals surface area contributed by atoms with Crippen LogP contribution in [0.4, 0.5) is 0 Å². The highest BCUT2D eigenvalue weighted by molar-refractivity contribution is 6.31. The van der Waals surface area contributed by atoms with Crippen LogP contribution in [0.15, 0.2) is 54.7 Å². The Morgan fingerprint density at radius 1 is 1.25 bits per heavy atom. The minimum absolute atomic E-state index is 0.0268. The van der Waals surface area contributed by atoms with Crippen LogP contribution in [0.2, 0.25) is 5.02 Å². The third-order valence-electron chi connectivity index (χ3n) is 5.28. The average molecular weight is 398 g/mol. The maximum Gasteiger partial charge on any atom is 0.321 e. The molecule has 0 radical (unpaired) electrons. The van der Waals surface area contributed by atoms with Crippen LogP contribution in [-0.4, -0.2) is 27.6 Å². The molecule has 0 saturated heterocycles. The van der Waals surface area contributed by atoms with E-state index in [0.717, 1.165) is 28.5 Å². The van der Waals surface area contributed by atoms with Crippen molar-refractivity contribution in [1.82, 2.24) is 9.88 Å². The van der Waals surface area contributed by atoms with Crippen molar-refractivity contribution in [1.29, 1.82) is 0 Å². The summed E-state index contributed by atoms with van der Waals surface area (Å²) in [6.45, 7) is 0. The summed E-state index contributed by atoms with van der Waals surface area (Å²) >= 11 is 6.11. The molecule has 1 aliphatic rings. The first-order chi connectivity index (χ1) is 13.4. The first kappa shape index (κ1) is 18.5. The van der Waals surface area contributed by atoms with Gasteiger partial charge in [-0.3, -0.25) is 9.59 Å². The summed E-state index contributed by atoms with van der Waals surface area (Å²) in [6.07, 6.45) is 2.50. The van der Waals surface area contributed by atoms with E-state index in [-0.39, 0.29) is 24.4 Å². The van der Waals surface area contributed by atoms with Gasteiger partial charge in [-0.15, -0.1) is 0 Å². The van der Waals surface area contributed by atoms with E-state index in [4.69, 9.17) is 22.4 Å². The molecule has 144 valence electrons. The predicted molar refractivity (Wildman–Crippen MR) is 107 cm³/mol. The predicted octanol–water partition coefficient (Wildman–Crippen LogP) is 3.05. The second-order valence-electron chi connectivity index (χ2n) is 7.09. The number of aliphatic carboxylic acids is 1. The lowest BCUT2D eigenvalue weighted by Gasteiger charge is -2.25. The van der Waals surface area contributed by atoms with E-state index < -0.39 is 12.0 Å². The number of halogens is 1. The van der Waals surface area contributed by atoms with Crippen molar-refractivity contribution in [3.05, 3.63) is 70.9 Å². The van der Waals surface area contributed by atoms with E-state index in [1.54, 1.807) is 0 Å². The number of amides is 1. The number of hydrogen-bond acceptors (Lipinski definition) is 3. The standard InChI is InChI=1S/C21H20ClN3O3/c22-14-5-6-17-13(9-14)7-8-25(17)18-10-12-3-1-2-4-15(12)20(18)24-19(26)11-16(23)21(27)28/h1-9,16,18,20H,10-11,23H2,(H,24,26)(H,27,28)/t16-,18?,20?/m0/s1. The normalized spacial score (nSPS) is 19.4. The van der Waals surface area contributed by atoms with Crippen molar-refractivity contribution in [2.75, 3.05) is 0 Å². The fraction of sp³-hybridized carbons (Fsp3) is 0.238. The molecule has 28 heavy (non-hydrogen) atoms. The highest BCUT2D eigenvalue weighted by Crippen LogP contribution is 2.41. The molecule has 0 fully saturated rings. The van der Waals surface area contributed by atoms with Crippen LogP contribution in [0.3, 0.4) is 0 Å². The maximum atomic E-state index is 12.5. The first-order valence-corrected chi connectivity index (χ1v) is 9.43. The number of carboxylic acid groups (broad SMARTS) is 1. The van der Waals surface area contributed by atoms with E-state index in [0.29, 0.717) is 5.02 Å². The molecule has 3 atom stereocenters. The minimum atomic E-state index is -1.22. The molecule has 2 aromatic carbocycles. The van der Waals surface area contributed by atoms with Crippen LogP contribution in [0.1, 0.15) is 29.6 Å². The van der Waals surface area contributed by atoms with E-state index in [9.17, 15) is 9.59 Å². The zero-order chi connectivity index (χ0) is 19.8. The topological polar surface area (TPSA) is 97.4 Å². The molecule has 4 rings (SSSR count). The Bertz CT molecular complexity index is 1060. The molecular formula is C21H20ClN3O3. The summed E-state index contributed by atoms with van der Waals surface area (Å²) in [4.78, 5) is 23.4. The van der Waals surface area contributed by atoms with Gasteiger partial charge in [0.2, 0.25) is 5.91 Å². The van der Waals surface area contributed by atoms with Gasteiger partial charge >= 0.3 is 5.97 Å². The van der Waals surface area contributed by atoms with Crippen LogP contribution in [0, 0.1) is 0 Å². The number of fused-ring (bicyclic) bond motifs is 2. The van der Waals surface area contributed by atoms with Gasteiger partial charge in [-0.2, -0.15) is 0 Å². The van der Waals surface area contributed by atoms with Crippen LogP contribution in [0.5, 0.6) is 0 Å². The van der Waals surface area contributed by atoms with Gasteiger partial charge in [-0.1, -0.05) is 35.9 Å². The number of aromatic nitrogens is 1. The third kappa shape index (κ3) is 3.37. The van der Waals surface area contributed by atoms with E-state index in [1.165, 1.54) is 0 Å². The first-order valence-electron chi connectivity index (χ1n) is 9.05. The van der Waals surface area contributed by atoms with E-state index >= 15 is 0 Å². The number of nitrogens with zero attached hydrogens (tertiary/aromatic N) is 1. The summed E-state index contributed by atoms with van der Waals surface area (Å²) in [5.41, 5.74) is 8.76. The van der Waals surface area contributed by atoms with Crippen molar-refractivity contribution in [2.24, 2.45) is 5.73 Å². The number of rotatable bonds is 5. The summed E-state index contributed by atoms with van der Waals surface area (Å²) < 4.78 is 2.15. The lowest BCUT2D eigenvalue weighted by atomic mass is 10.1. The van der Waals surface area contributed by atoms with Gasteiger partial charge in [0.1, 0.15) is 6.04 Å². The highest BCUT2D eigenvalue weighted by Gasteiger charge is 2.35. The quantitative estimate of drug-likeness (QED) is 0.616. The summed E-state index contributed by atoms with van der Waals surface area (Å²) in [5, 5.41) is 13.7. The van der Waals surface area contributed by atoms with Gasteiger partial charge in [0.15, 0.2) is 0 Å². The Labute approximate surface area is 166 Å². The molecule has 1 heterocycles. The van der Waals surface area contributed by atoms with Gasteiger partial charge in [0.05, 0.1) is 18.5 Å². The SMILES string of the molecule is N[C@@H](CC(=O)NC1c2ccccc2CC1n1ccc2cc(Cl)ccc21)C(=O)O. The Hall–Kier alpha value is -2.83. The van der Waals surface area contributed by atoms with E-state index in [2.05, 4.69) is 16.0 Å². The van der Waals surface area contributed by atoms with Crippen molar-refractivity contribution in [3.8, 4) is 0 Å². The lowest BCUT2D eigenvalue weighted by molar-refractivity contribution is -0.140. The molecule has 0 aliphatic heterocycles. The van der Waals surface area contributed by atoms with E-state index in [1.807, 2.05) is 48.7 Å². The summed E-state index contributed by atoms with van der Waals surface area (Å²) in [5.74, 6) is -1.56. The van der Waals surface area contributed by atoms with Gasteiger partial charge < -0.3 is 20.7 Å². The summed E-state index contributed by atoms with van der Waals surface area (Å²) in [7, 11) is 0. The molecule has 0 bridgehead atoms. The van der Waals surface area contributed by atoms with Crippen molar-refractivity contribution >= 4 is 34.4 Å². The lowest BCUT2D eigenvalue weighted by Crippen LogP contribution is -2.39. The molecule has 2 unspecified atom stereocenters. The summed E-state index contributed by atoms with van der Waals surface area (Å²) in [6, 6.07) is 14.2. The number of nitrogens with one attached hydrogen (secondary N) is 1. The molecule has 4 N–H and O–H groups in total. The Morgan fingerprint density at radius 3 is 2.82 bits per heavy atom. The fourth-order valence-electron chi connectivity index (χ4n) is 3.95. The molecule has 3 aromatic rings. The van der Waals surface area contributed by atoms with Crippen molar-refractivity contribution in [2.45, 2.75) is 31.0 Å². The largest absolute Gasteiger partial charge is 0.480 e. The van der Waals surface area contributed by atoms with Crippen LogP contribution < -0.4 is 11.1 Å². The van der Waals surface area contributed by atoms with Crippen LogP contribution in [-0.2, 0) is 16.0 Å². The molecule has 1 aliphatic carbocycles. The maximum absolute atomic E-state index is 12.5. The monoisotopic (exact) mass is 397 g/mol. The number of hydrogen-bond donors (Lipinski definition) is 3. The molecule has 0 saturated carbocycles. The second kappa shape index (κ2) is 7.30. The molecule has 1 aromatic heterocycles. The Balaban J connectivity index is 1.67. The number of benzene rings is 2. The van der Waals surface area contributed by atoms with Gasteiger partial charge in [0, 0.05) is 22.1 Å². The fourth-order valence-corrected chi connectivity index (χ4v) is 4.13. The third-order valence-corrected chi connectivity index (χ3v) is 5.52. The van der Waals surface area contributed by atoms with Crippen molar-refractivity contribution < 1.29 is 14.7 Å². The Morgan fingerprint density at radius 2 is 2.04 bits per heavy atom. The molecule has 0 spiro atoms.